The van der Waals surface area contributed by atoms with Crippen LogP contribution >= 0.6 is 0 Å². The van der Waals surface area contributed by atoms with Crippen molar-refractivity contribution in [3.8, 4) is 0 Å². The summed E-state index contributed by atoms with van der Waals surface area (Å²) in [6.45, 7) is 17.1. The lowest BCUT2D eigenvalue weighted by atomic mass is 9.70. The van der Waals surface area contributed by atoms with E-state index in [1.807, 2.05) is 39.8 Å². The quantitative estimate of drug-likeness (QED) is 0.176. The van der Waals surface area contributed by atoms with Crippen molar-refractivity contribution in [3.63, 3.8) is 0 Å². The van der Waals surface area contributed by atoms with Gasteiger partial charge in [0.15, 0.2) is 24.5 Å². The van der Waals surface area contributed by atoms with Gasteiger partial charge in [0.2, 0.25) is 5.91 Å². The van der Waals surface area contributed by atoms with E-state index in [2.05, 4.69) is 43.2 Å². The minimum atomic E-state index is -2.06. The molecule has 4 saturated heterocycles. The third kappa shape index (κ3) is 11.6. The Bertz CT molecular complexity index is 1990. The Hall–Kier alpha value is -3.56. The van der Waals surface area contributed by atoms with E-state index >= 15 is 0 Å². The van der Waals surface area contributed by atoms with Crippen LogP contribution in [0.2, 0.25) is 0 Å². The van der Waals surface area contributed by atoms with E-state index in [0.717, 1.165) is 12.0 Å². The molecule has 7 rings (SSSR count). The molecule has 6 heterocycles. The molecule has 0 saturated carbocycles. The third-order valence-corrected chi connectivity index (χ3v) is 15.2. The zero-order chi connectivity index (χ0) is 49.9. The Kier molecular flexibility index (Phi) is 17.3. The molecule has 6 aliphatic heterocycles. The van der Waals surface area contributed by atoms with Gasteiger partial charge in [-0.2, -0.15) is 0 Å². The van der Waals surface area contributed by atoms with Crippen LogP contribution in [-0.4, -0.2) is 141 Å². The highest BCUT2D eigenvalue weighted by atomic mass is 19.3. The van der Waals surface area contributed by atoms with Crippen molar-refractivity contribution in [2.45, 2.75) is 198 Å². The summed E-state index contributed by atoms with van der Waals surface area (Å²) in [5.41, 5.74) is -0.488. The van der Waals surface area contributed by atoms with Crippen molar-refractivity contribution in [1.29, 1.82) is 0 Å². The molecule has 7 aliphatic rings. The molecule has 69 heavy (non-hydrogen) atoms. The summed E-state index contributed by atoms with van der Waals surface area (Å²) in [7, 11) is 3.23. The number of aliphatic hydroxyl groups is 1. The van der Waals surface area contributed by atoms with E-state index in [1.54, 1.807) is 33.3 Å². The summed E-state index contributed by atoms with van der Waals surface area (Å²) in [5.74, 6) is -3.32. The standard InChI is InChI=1S/C51H74FNO16/c1-12-26(2)44-29(5)18-19-50(68-44)24-36-21-35(67-50)17-16-28(4)43(64-41-23-39(59-11)46(32(8)62-41)65-40-22-38(58-10)42(31(7)61-40)53-33(9)54)27(3)14-13-15-34-25-60-47-45(66-49(56)69-52)30(6)20-37(48(55)63-36)51(34,47)57/h13-16,18-20,26-27,29,31-32,35-47,57H,12,17,21-25H2,1-11H3,(H,53,54)/b14-13+,28-16+,34-15+/t26-,27-,29-,31-,32-,35+,36-,37-,38-,39-,40-,41-,42-,43-,44+,45+,46-,47+,50?,51+/m0/s1. The van der Waals surface area contributed by atoms with Crippen LogP contribution in [-0.2, 0) is 66.6 Å². The van der Waals surface area contributed by atoms with Gasteiger partial charge in [-0.15, -0.1) is 0 Å². The van der Waals surface area contributed by atoms with E-state index in [9.17, 15) is 24.0 Å². The Morgan fingerprint density at radius 3 is 2.33 bits per heavy atom. The summed E-state index contributed by atoms with van der Waals surface area (Å²) < 4.78 is 82.7. The number of ether oxygens (including phenoxy) is 11. The highest BCUT2D eigenvalue weighted by molar-refractivity contribution is 5.79. The predicted octanol–water partition coefficient (Wildman–Crippen LogP) is 6.57. The van der Waals surface area contributed by atoms with E-state index in [0.29, 0.717) is 36.8 Å². The molecule has 386 valence electrons. The molecule has 0 aromatic carbocycles. The van der Waals surface area contributed by atoms with Gasteiger partial charge >= 0.3 is 12.1 Å². The second kappa shape index (κ2) is 22.5. The number of fused-ring (bicyclic) bond motifs is 2. The molecule has 0 radical (unpaired) electrons. The monoisotopic (exact) mass is 975 g/mol. The van der Waals surface area contributed by atoms with Gasteiger partial charge in [-0.25, -0.2) is 9.74 Å². The first-order valence-electron chi connectivity index (χ1n) is 24.6. The zero-order valence-electron chi connectivity index (χ0n) is 41.8. The Morgan fingerprint density at radius 1 is 0.928 bits per heavy atom. The molecule has 1 amide bonds. The highest BCUT2D eigenvalue weighted by Gasteiger charge is 2.61. The number of nitrogens with one attached hydrogen (secondary N) is 1. The fourth-order valence-electron chi connectivity index (χ4n) is 11.3. The van der Waals surface area contributed by atoms with Crippen molar-refractivity contribution in [2.75, 3.05) is 20.8 Å². The lowest BCUT2D eigenvalue weighted by Crippen LogP contribution is -2.59. The van der Waals surface area contributed by atoms with Crippen LogP contribution in [0.4, 0.5) is 9.32 Å². The lowest BCUT2D eigenvalue weighted by molar-refractivity contribution is -0.311. The molecule has 4 fully saturated rings. The summed E-state index contributed by atoms with van der Waals surface area (Å²) in [6, 6.07) is -0.338. The third-order valence-electron chi connectivity index (χ3n) is 15.2. The molecular formula is C51H74FNO16. The minimum Gasteiger partial charge on any atom is -0.462 e. The van der Waals surface area contributed by atoms with Gasteiger partial charge in [-0.1, -0.05) is 70.6 Å². The Balaban J connectivity index is 1.19. The van der Waals surface area contributed by atoms with Crippen LogP contribution in [0.15, 0.2) is 59.3 Å². The first kappa shape index (κ1) is 53.2. The maximum atomic E-state index is 14.5. The van der Waals surface area contributed by atoms with E-state index in [-0.39, 0.29) is 61.0 Å². The number of amides is 1. The fourth-order valence-corrected chi connectivity index (χ4v) is 11.3. The number of halogens is 1. The van der Waals surface area contributed by atoms with Crippen LogP contribution in [0.25, 0.3) is 0 Å². The van der Waals surface area contributed by atoms with Crippen molar-refractivity contribution in [1.82, 2.24) is 5.32 Å². The highest BCUT2D eigenvalue weighted by Crippen LogP contribution is 2.48. The van der Waals surface area contributed by atoms with Gasteiger partial charge in [-0.05, 0) is 62.8 Å². The Morgan fingerprint density at radius 2 is 1.64 bits per heavy atom. The maximum Gasteiger partial charge on any atom is 0.545 e. The van der Waals surface area contributed by atoms with Gasteiger partial charge in [0.05, 0.1) is 55.4 Å². The number of esters is 1. The number of methoxy groups -OCH3 is 2. The second-order valence-corrected chi connectivity index (χ2v) is 20.1. The van der Waals surface area contributed by atoms with Crippen molar-refractivity contribution in [2.24, 2.45) is 23.7 Å². The summed E-state index contributed by atoms with van der Waals surface area (Å²) >= 11 is 0. The molecule has 1 aliphatic carbocycles. The topological polar surface area (TPSA) is 194 Å². The summed E-state index contributed by atoms with van der Waals surface area (Å²) in [6.07, 6.45) is 6.05. The van der Waals surface area contributed by atoms with E-state index in [1.165, 1.54) is 13.0 Å². The van der Waals surface area contributed by atoms with Gasteiger partial charge in [-0.3, -0.25) is 9.59 Å². The van der Waals surface area contributed by atoms with Crippen LogP contribution in [0.1, 0.15) is 101 Å². The number of rotatable bonds is 10. The smallest absolute Gasteiger partial charge is 0.462 e. The van der Waals surface area contributed by atoms with Crippen LogP contribution in [0, 0.1) is 23.7 Å². The first-order valence-corrected chi connectivity index (χ1v) is 24.6. The normalized spacial score (nSPS) is 45.1. The molecule has 1 spiro atoms. The first-order chi connectivity index (χ1) is 32.8. The largest absolute Gasteiger partial charge is 0.545 e. The van der Waals surface area contributed by atoms with Crippen LogP contribution < -0.4 is 5.32 Å². The number of hydrogen-bond acceptors (Lipinski definition) is 16. The van der Waals surface area contributed by atoms with Gasteiger partial charge < -0.3 is 62.5 Å². The number of carbonyl (C=O) groups excluding carboxylic acids is 3. The fraction of sp³-hybridized carbons (Fsp3) is 0.745. The summed E-state index contributed by atoms with van der Waals surface area (Å²) in [5, 5.41) is 15.7. The van der Waals surface area contributed by atoms with Crippen LogP contribution in [0.5, 0.6) is 0 Å². The summed E-state index contributed by atoms with van der Waals surface area (Å²) in [4.78, 5) is 41.9. The molecule has 17 nitrogen and oxygen atoms in total. The average Bonchev–Trinajstić information content (AvgIpc) is 3.65. The van der Waals surface area contributed by atoms with Crippen LogP contribution in [0.3, 0.4) is 0 Å². The molecule has 2 N–H and O–H groups in total. The van der Waals surface area contributed by atoms with Gasteiger partial charge in [0.25, 0.3) is 0 Å². The number of allylic oxidation sites excluding steroid dienone is 2. The molecule has 20 atom stereocenters. The van der Waals surface area contributed by atoms with Gasteiger partial charge in [0.1, 0.15) is 29.8 Å². The van der Waals surface area contributed by atoms with Crippen molar-refractivity contribution >= 4 is 18.0 Å². The molecule has 1 unspecified atom stereocenters. The molecular weight excluding hydrogens is 902 g/mol. The van der Waals surface area contributed by atoms with E-state index < -0.39 is 90.8 Å². The maximum absolute atomic E-state index is 14.5. The SMILES string of the molecule is CC[C@H](C)[C@H]1OC2(C=C[C@@H]1C)C[C@@H]1C[C@@H](C/C=C(\C)[C@@H](O[C@H]3C[C@H](OC)[C@@H](O[C@H]4C[C@H](OC)[C@@H](NC(C)=O)[C@H](C)O4)[C@H](C)O3)[C@@H](C)/C=C/C=C3\CO[C@@H]4[C@H](OC(=O)OF)C(C)=C[C@@H](C(=O)O1)[C@]34O)O2. The predicted molar refractivity (Wildman–Crippen MR) is 245 cm³/mol. The molecule has 2 bridgehead atoms. The zero-order valence-corrected chi connectivity index (χ0v) is 41.8. The van der Waals surface area contributed by atoms with E-state index in [4.69, 9.17) is 52.1 Å². The molecule has 0 aromatic heterocycles. The van der Waals surface area contributed by atoms with Crippen molar-refractivity contribution in [3.05, 3.63) is 59.3 Å². The van der Waals surface area contributed by atoms with Gasteiger partial charge in [0, 0.05) is 63.2 Å². The lowest BCUT2D eigenvalue weighted by Gasteiger charge is -2.48. The average molecular weight is 976 g/mol. The Labute approximate surface area is 405 Å². The second-order valence-electron chi connectivity index (χ2n) is 20.1. The minimum absolute atomic E-state index is 0.120. The molecule has 18 heteroatoms. The van der Waals surface area contributed by atoms with Crippen molar-refractivity contribution < 1.29 is 81.1 Å². The number of carbonyl (C=O) groups is 3. The number of hydrogen-bond donors (Lipinski definition) is 2. The molecule has 0 aromatic rings.